The van der Waals surface area contributed by atoms with Gasteiger partial charge in [-0.2, -0.15) is 4.39 Å². The lowest BCUT2D eigenvalue weighted by Gasteiger charge is -2.39. The number of anilines is 1. The SMILES string of the molecule is COc1ccc(Cc2cnc(C(=O)Nc3ccc(C(=O)N4CC(NC(=O)CN(C)C)C4)c(Cl)c3)[nH]2)c(F)c1F. The van der Waals surface area contributed by atoms with Crippen LogP contribution in [0, 0.1) is 11.6 Å². The van der Waals surface area contributed by atoms with Crippen molar-refractivity contribution < 1.29 is 27.9 Å². The Morgan fingerprint density at radius 1 is 1.18 bits per heavy atom. The summed E-state index contributed by atoms with van der Waals surface area (Å²) >= 11 is 6.33. The van der Waals surface area contributed by atoms with Crippen LogP contribution in [0.5, 0.6) is 5.75 Å². The second kappa shape index (κ2) is 11.8. The van der Waals surface area contributed by atoms with Crippen molar-refractivity contribution in [2.45, 2.75) is 12.5 Å². The van der Waals surface area contributed by atoms with Crippen LogP contribution in [-0.2, 0) is 11.2 Å². The Morgan fingerprint density at radius 2 is 1.92 bits per heavy atom. The van der Waals surface area contributed by atoms with Crippen LogP contribution in [0.25, 0.3) is 0 Å². The molecule has 2 heterocycles. The monoisotopic (exact) mass is 560 g/mol. The van der Waals surface area contributed by atoms with E-state index in [-0.39, 0.29) is 58.5 Å². The predicted octanol–water partition coefficient (Wildman–Crippen LogP) is 2.70. The molecule has 1 fully saturated rings. The number of imidazole rings is 1. The van der Waals surface area contributed by atoms with Crippen molar-refractivity contribution in [2.24, 2.45) is 0 Å². The number of aromatic amines is 1. The van der Waals surface area contributed by atoms with E-state index in [0.29, 0.717) is 24.5 Å². The topological polar surface area (TPSA) is 120 Å². The van der Waals surface area contributed by atoms with Crippen molar-refractivity contribution >= 4 is 35.0 Å². The molecule has 39 heavy (non-hydrogen) atoms. The normalized spacial score (nSPS) is 13.3. The highest BCUT2D eigenvalue weighted by atomic mass is 35.5. The van der Waals surface area contributed by atoms with Gasteiger partial charge in [-0.25, -0.2) is 9.37 Å². The van der Waals surface area contributed by atoms with Gasteiger partial charge in [0.2, 0.25) is 11.7 Å². The number of nitrogens with one attached hydrogen (secondary N) is 3. The number of likely N-dealkylation sites (N-methyl/N-ethyl adjacent to an activating group) is 1. The van der Waals surface area contributed by atoms with E-state index in [1.165, 1.54) is 43.6 Å². The number of methoxy groups -OCH3 is 1. The van der Waals surface area contributed by atoms with E-state index in [9.17, 15) is 23.2 Å². The molecule has 1 saturated heterocycles. The molecule has 4 rings (SSSR count). The number of H-pyrrole nitrogens is 1. The Morgan fingerprint density at radius 3 is 2.59 bits per heavy atom. The third-order valence-electron chi connectivity index (χ3n) is 6.02. The molecule has 1 aliphatic rings. The second-order valence-corrected chi connectivity index (χ2v) is 9.76. The van der Waals surface area contributed by atoms with Crippen LogP contribution in [0.3, 0.4) is 0 Å². The summed E-state index contributed by atoms with van der Waals surface area (Å²) in [6.45, 7) is 1.02. The Bertz CT molecular complexity index is 1410. The third kappa shape index (κ3) is 6.52. The van der Waals surface area contributed by atoms with Crippen LogP contribution in [0.4, 0.5) is 14.5 Å². The summed E-state index contributed by atoms with van der Waals surface area (Å²) in [6, 6.07) is 7.09. The summed E-state index contributed by atoms with van der Waals surface area (Å²) in [5.41, 5.74) is 1.07. The Balaban J connectivity index is 1.33. The molecule has 13 heteroatoms. The number of carbonyl (C=O) groups is 3. The minimum Gasteiger partial charge on any atom is -0.494 e. The first-order chi connectivity index (χ1) is 18.5. The van der Waals surface area contributed by atoms with Crippen molar-refractivity contribution in [3.8, 4) is 5.75 Å². The molecular formula is C26H27ClF2N6O4. The molecule has 1 aliphatic heterocycles. The smallest absolute Gasteiger partial charge is 0.291 e. The van der Waals surface area contributed by atoms with E-state index in [2.05, 4.69) is 20.6 Å². The zero-order chi connectivity index (χ0) is 28.3. The molecule has 0 saturated carbocycles. The molecule has 3 amide bonds. The fraction of sp³-hybridized carbons (Fsp3) is 0.308. The first kappa shape index (κ1) is 28.0. The Kier molecular flexibility index (Phi) is 8.46. The van der Waals surface area contributed by atoms with E-state index < -0.39 is 17.5 Å². The standard InChI is InChI=1S/C26H27ClF2N6O4/c1-34(2)13-21(36)31-17-11-35(12-17)26(38)18-6-5-15(9-19(18)27)33-25(37)24-30-10-16(32-24)8-14-4-7-20(39-3)23(29)22(14)28/h4-7,9-10,17H,8,11-13H2,1-3H3,(H,30,32)(H,31,36)(H,33,37). The number of amides is 3. The first-order valence-electron chi connectivity index (χ1n) is 11.9. The maximum absolute atomic E-state index is 14.3. The van der Waals surface area contributed by atoms with Crippen LogP contribution in [0.1, 0.15) is 32.2 Å². The molecule has 0 aliphatic carbocycles. The van der Waals surface area contributed by atoms with E-state index in [0.717, 1.165) is 0 Å². The lowest BCUT2D eigenvalue weighted by atomic mass is 10.1. The van der Waals surface area contributed by atoms with Crippen LogP contribution in [-0.4, -0.2) is 84.4 Å². The van der Waals surface area contributed by atoms with Gasteiger partial charge >= 0.3 is 0 Å². The van der Waals surface area contributed by atoms with E-state index >= 15 is 0 Å². The van der Waals surface area contributed by atoms with Gasteiger partial charge in [0.25, 0.3) is 11.8 Å². The summed E-state index contributed by atoms with van der Waals surface area (Å²) in [6.07, 6.45) is 1.33. The quantitative estimate of drug-likeness (QED) is 0.370. The fourth-order valence-corrected chi connectivity index (χ4v) is 4.32. The van der Waals surface area contributed by atoms with Crippen molar-refractivity contribution in [3.63, 3.8) is 0 Å². The molecule has 0 unspecified atom stereocenters. The highest BCUT2D eigenvalue weighted by molar-refractivity contribution is 6.34. The van der Waals surface area contributed by atoms with Crippen molar-refractivity contribution in [3.05, 3.63) is 75.8 Å². The maximum atomic E-state index is 14.3. The minimum absolute atomic E-state index is 0.0215. The molecule has 0 spiro atoms. The molecule has 0 bridgehead atoms. The lowest BCUT2D eigenvalue weighted by molar-refractivity contribution is -0.123. The van der Waals surface area contributed by atoms with Gasteiger partial charge in [-0.05, 0) is 43.9 Å². The van der Waals surface area contributed by atoms with Gasteiger partial charge in [-0.3, -0.25) is 14.4 Å². The Labute approximate surface area is 228 Å². The van der Waals surface area contributed by atoms with Gasteiger partial charge in [0, 0.05) is 37.1 Å². The van der Waals surface area contributed by atoms with E-state index in [1.807, 2.05) is 0 Å². The number of nitrogens with zero attached hydrogens (tertiary/aromatic N) is 3. The second-order valence-electron chi connectivity index (χ2n) is 9.35. The number of hydrogen-bond acceptors (Lipinski definition) is 6. The maximum Gasteiger partial charge on any atom is 0.291 e. The fourth-order valence-electron chi connectivity index (χ4n) is 4.06. The molecule has 0 radical (unpaired) electrons. The third-order valence-corrected chi connectivity index (χ3v) is 6.33. The van der Waals surface area contributed by atoms with E-state index in [1.54, 1.807) is 23.9 Å². The molecule has 3 aromatic rings. The van der Waals surface area contributed by atoms with Crippen molar-refractivity contribution in [1.29, 1.82) is 0 Å². The minimum atomic E-state index is -1.09. The summed E-state index contributed by atoms with van der Waals surface area (Å²) in [7, 11) is 4.84. The van der Waals surface area contributed by atoms with E-state index in [4.69, 9.17) is 16.3 Å². The highest BCUT2D eigenvalue weighted by Crippen LogP contribution is 2.26. The molecule has 2 aromatic carbocycles. The number of aromatic nitrogens is 2. The average Bonchev–Trinajstić information content (AvgIpc) is 3.32. The van der Waals surface area contributed by atoms with Crippen LogP contribution >= 0.6 is 11.6 Å². The van der Waals surface area contributed by atoms with Gasteiger partial charge in [-0.15, -0.1) is 0 Å². The number of hydrogen-bond donors (Lipinski definition) is 3. The first-order valence-corrected chi connectivity index (χ1v) is 12.3. The summed E-state index contributed by atoms with van der Waals surface area (Å²) < 4.78 is 33.0. The average molecular weight is 561 g/mol. The van der Waals surface area contributed by atoms with Crippen LogP contribution in [0.2, 0.25) is 5.02 Å². The largest absolute Gasteiger partial charge is 0.494 e. The molecular weight excluding hydrogens is 534 g/mol. The molecule has 1 aromatic heterocycles. The lowest BCUT2D eigenvalue weighted by Crippen LogP contribution is -2.61. The number of likely N-dealkylation sites (tertiary alicyclic amines) is 1. The number of benzene rings is 2. The molecule has 206 valence electrons. The number of carbonyl (C=O) groups excluding carboxylic acids is 3. The summed E-state index contributed by atoms with van der Waals surface area (Å²) in [5, 5.41) is 5.65. The number of ether oxygens (including phenoxy) is 1. The van der Waals surface area contributed by atoms with Crippen LogP contribution < -0.4 is 15.4 Å². The zero-order valence-electron chi connectivity index (χ0n) is 21.5. The Hall–Kier alpha value is -4.03. The van der Waals surface area contributed by atoms with Gasteiger partial charge in [-0.1, -0.05) is 17.7 Å². The molecule has 10 nitrogen and oxygen atoms in total. The number of halogens is 3. The summed E-state index contributed by atoms with van der Waals surface area (Å²) in [4.78, 5) is 47.5. The molecule has 0 atom stereocenters. The zero-order valence-corrected chi connectivity index (χ0v) is 22.2. The van der Waals surface area contributed by atoms with Crippen LogP contribution in [0.15, 0.2) is 36.5 Å². The van der Waals surface area contributed by atoms with Gasteiger partial charge in [0.1, 0.15) is 0 Å². The molecule has 3 N–H and O–H groups in total. The van der Waals surface area contributed by atoms with Gasteiger partial charge < -0.3 is 30.2 Å². The predicted molar refractivity (Wildman–Crippen MR) is 140 cm³/mol. The van der Waals surface area contributed by atoms with Crippen molar-refractivity contribution in [2.75, 3.05) is 46.2 Å². The van der Waals surface area contributed by atoms with Crippen molar-refractivity contribution in [1.82, 2.24) is 25.1 Å². The summed E-state index contributed by atoms with van der Waals surface area (Å²) in [5.74, 6) is -3.36. The number of rotatable bonds is 9. The highest BCUT2D eigenvalue weighted by Gasteiger charge is 2.33. The van der Waals surface area contributed by atoms with Gasteiger partial charge in [0.15, 0.2) is 17.4 Å². The van der Waals surface area contributed by atoms with Gasteiger partial charge in [0.05, 0.1) is 30.3 Å².